The van der Waals surface area contributed by atoms with Crippen molar-refractivity contribution in [3.05, 3.63) is 29.3 Å². The molecule has 1 saturated carbocycles. The standard InChI is InChI=1S/C11H15ClN2O2S.ClH/c12-9-3-5-10(6-4-9)17(15,16)14-11(7-13)8-1-2-8;/h3-6,8,11,14H,1-2,7,13H2;1H. The number of hydrogen-bond donors (Lipinski definition) is 2. The molecule has 3 N–H and O–H groups in total. The lowest BCUT2D eigenvalue weighted by atomic mass is 10.2. The summed E-state index contributed by atoms with van der Waals surface area (Å²) in [5.41, 5.74) is 5.58. The molecule has 0 aromatic heterocycles. The molecule has 1 aliphatic rings. The highest BCUT2D eigenvalue weighted by atomic mass is 35.5. The smallest absolute Gasteiger partial charge is 0.240 e. The monoisotopic (exact) mass is 310 g/mol. The second kappa shape index (κ2) is 6.21. The molecule has 102 valence electrons. The van der Waals surface area contributed by atoms with Gasteiger partial charge in [-0.2, -0.15) is 0 Å². The maximum absolute atomic E-state index is 12.0. The van der Waals surface area contributed by atoms with E-state index >= 15 is 0 Å². The Morgan fingerprint density at radius 3 is 2.33 bits per heavy atom. The van der Waals surface area contributed by atoms with Gasteiger partial charge in [-0.15, -0.1) is 12.4 Å². The molecule has 0 bridgehead atoms. The third-order valence-electron chi connectivity index (χ3n) is 2.88. The van der Waals surface area contributed by atoms with Crippen LogP contribution in [-0.4, -0.2) is 21.0 Å². The van der Waals surface area contributed by atoms with E-state index in [1.165, 1.54) is 12.1 Å². The highest BCUT2D eigenvalue weighted by Gasteiger charge is 2.33. The van der Waals surface area contributed by atoms with E-state index in [4.69, 9.17) is 17.3 Å². The fourth-order valence-corrected chi connectivity index (χ4v) is 3.16. The topological polar surface area (TPSA) is 72.2 Å². The lowest BCUT2D eigenvalue weighted by Crippen LogP contribution is -2.41. The van der Waals surface area contributed by atoms with Gasteiger partial charge in [-0.25, -0.2) is 13.1 Å². The van der Waals surface area contributed by atoms with E-state index in [0.29, 0.717) is 17.5 Å². The molecule has 1 aliphatic carbocycles. The van der Waals surface area contributed by atoms with Crippen molar-refractivity contribution >= 4 is 34.0 Å². The average Bonchev–Trinajstić information content (AvgIpc) is 3.10. The Bertz CT molecular complexity index is 486. The van der Waals surface area contributed by atoms with E-state index in [1.54, 1.807) is 12.1 Å². The van der Waals surface area contributed by atoms with Crippen molar-refractivity contribution in [3.63, 3.8) is 0 Å². The van der Waals surface area contributed by atoms with Crippen molar-refractivity contribution in [1.82, 2.24) is 4.72 Å². The van der Waals surface area contributed by atoms with Crippen molar-refractivity contribution in [1.29, 1.82) is 0 Å². The Balaban J connectivity index is 0.00000162. The van der Waals surface area contributed by atoms with E-state index in [1.807, 2.05) is 0 Å². The third kappa shape index (κ3) is 3.83. The maximum atomic E-state index is 12.0. The summed E-state index contributed by atoms with van der Waals surface area (Å²) in [5, 5.41) is 0.515. The van der Waals surface area contributed by atoms with Gasteiger partial charge in [0.15, 0.2) is 0 Å². The van der Waals surface area contributed by atoms with Crippen LogP contribution in [0.5, 0.6) is 0 Å². The molecule has 0 saturated heterocycles. The Labute approximate surface area is 118 Å². The van der Waals surface area contributed by atoms with Crippen LogP contribution in [0.25, 0.3) is 0 Å². The third-order valence-corrected chi connectivity index (χ3v) is 4.63. The van der Waals surface area contributed by atoms with Crippen LogP contribution < -0.4 is 10.5 Å². The summed E-state index contributed by atoms with van der Waals surface area (Å²) < 4.78 is 26.7. The zero-order valence-corrected chi connectivity index (χ0v) is 12.1. The minimum atomic E-state index is -3.48. The molecule has 0 heterocycles. The van der Waals surface area contributed by atoms with Crippen molar-refractivity contribution in [2.75, 3.05) is 6.54 Å². The molecule has 1 atom stereocenters. The predicted molar refractivity (Wildman–Crippen MR) is 74.6 cm³/mol. The van der Waals surface area contributed by atoms with Crippen LogP contribution in [0.2, 0.25) is 5.02 Å². The molecular weight excluding hydrogens is 295 g/mol. The van der Waals surface area contributed by atoms with E-state index < -0.39 is 10.0 Å². The molecule has 7 heteroatoms. The fraction of sp³-hybridized carbons (Fsp3) is 0.455. The minimum absolute atomic E-state index is 0. The van der Waals surface area contributed by atoms with Crippen LogP contribution in [0.3, 0.4) is 0 Å². The van der Waals surface area contributed by atoms with Crippen molar-refractivity contribution in [3.8, 4) is 0 Å². The van der Waals surface area contributed by atoms with Crippen LogP contribution >= 0.6 is 24.0 Å². The van der Waals surface area contributed by atoms with Crippen molar-refractivity contribution < 1.29 is 8.42 Å². The van der Waals surface area contributed by atoms with Gasteiger partial charge in [0.25, 0.3) is 0 Å². The molecule has 1 aromatic carbocycles. The minimum Gasteiger partial charge on any atom is -0.329 e. The Kier molecular flexibility index (Phi) is 5.43. The molecule has 4 nitrogen and oxygen atoms in total. The highest BCUT2D eigenvalue weighted by molar-refractivity contribution is 7.89. The zero-order chi connectivity index (χ0) is 12.5. The van der Waals surface area contributed by atoms with Crippen LogP contribution in [0.4, 0.5) is 0 Å². The average molecular weight is 311 g/mol. The molecule has 0 radical (unpaired) electrons. The summed E-state index contributed by atoms with van der Waals surface area (Å²) in [6, 6.07) is 5.95. The van der Waals surface area contributed by atoms with Gasteiger partial charge in [-0.3, -0.25) is 0 Å². The van der Waals surface area contributed by atoms with Crippen LogP contribution in [0.1, 0.15) is 12.8 Å². The first kappa shape index (κ1) is 15.7. The Morgan fingerprint density at radius 1 is 1.33 bits per heavy atom. The molecule has 2 rings (SSSR count). The van der Waals surface area contributed by atoms with Crippen molar-refractivity contribution in [2.45, 2.75) is 23.8 Å². The first-order valence-electron chi connectivity index (χ1n) is 5.51. The summed E-state index contributed by atoms with van der Waals surface area (Å²) >= 11 is 5.72. The summed E-state index contributed by atoms with van der Waals surface area (Å²) in [5.74, 6) is 0.391. The van der Waals surface area contributed by atoms with Gasteiger partial charge < -0.3 is 5.73 Å². The lowest BCUT2D eigenvalue weighted by Gasteiger charge is -2.16. The SMILES string of the molecule is Cl.NCC(NS(=O)(=O)c1ccc(Cl)cc1)C1CC1. The summed E-state index contributed by atoms with van der Waals surface area (Å²) in [6.07, 6.45) is 2.09. The number of halogens is 2. The quantitative estimate of drug-likeness (QED) is 0.870. The van der Waals surface area contributed by atoms with Gasteiger partial charge in [-0.1, -0.05) is 11.6 Å². The summed E-state index contributed by atoms with van der Waals surface area (Å²) in [6.45, 7) is 0.331. The fourth-order valence-electron chi connectivity index (χ4n) is 1.72. The molecule has 1 unspecified atom stereocenters. The first-order valence-corrected chi connectivity index (χ1v) is 7.37. The van der Waals surface area contributed by atoms with Gasteiger partial charge in [0.1, 0.15) is 0 Å². The molecule has 18 heavy (non-hydrogen) atoms. The van der Waals surface area contributed by atoms with Crippen LogP contribution in [-0.2, 0) is 10.0 Å². The van der Waals surface area contributed by atoms with Gasteiger partial charge in [0.05, 0.1) is 4.90 Å². The molecule has 0 amide bonds. The number of nitrogens with one attached hydrogen (secondary N) is 1. The number of sulfonamides is 1. The molecule has 1 fully saturated rings. The second-order valence-corrected chi connectivity index (χ2v) is 6.41. The van der Waals surface area contributed by atoms with E-state index in [2.05, 4.69) is 4.72 Å². The number of rotatable bonds is 5. The maximum Gasteiger partial charge on any atom is 0.240 e. The summed E-state index contributed by atoms with van der Waals surface area (Å²) in [4.78, 5) is 0.223. The van der Waals surface area contributed by atoms with Gasteiger partial charge in [0, 0.05) is 17.6 Å². The highest BCUT2D eigenvalue weighted by Crippen LogP contribution is 2.32. The Hall–Kier alpha value is -0.330. The van der Waals surface area contributed by atoms with E-state index in [9.17, 15) is 8.42 Å². The van der Waals surface area contributed by atoms with Crippen LogP contribution in [0, 0.1) is 5.92 Å². The normalized spacial score (nSPS) is 17.0. The van der Waals surface area contributed by atoms with Gasteiger partial charge in [0.2, 0.25) is 10.0 Å². The summed E-state index contributed by atoms with van der Waals surface area (Å²) in [7, 11) is -3.48. The van der Waals surface area contributed by atoms with Crippen molar-refractivity contribution in [2.24, 2.45) is 11.7 Å². The van der Waals surface area contributed by atoms with E-state index in [-0.39, 0.29) is 23.3 Å². The second-order valence-electron chi connectivity index (χ2n) is 4.25. The van der Waals surface area contributed by atoms with Crippen LogP contribution in [0.15, 0.2) is 29.2 Å². The number of nitrogens with two attached hydrogens (primary N) is 1. The predicted octanol–water partition coefficient (Wildman–Crippen LogP) is 1.78. The first-order chi connectivity index (χ1) is 8.03. The zero-order valence-electron chi connectivity index (χ0n) is 9.67. The Morgan fingerprint density at radius 2 is 1.89 bits per heavy atom. The van der Waals surface area contributed by atoms with E-state index in [0.717, 1.165) is 12.8 Å². The molecule has 0 spiro atoms. The molecular formula is C11H16Cl2N2O2S. The molecule has 1 aromatic rings. The number of hydrogen-bond acceptors (Lipinski definition) is 3. The number of benzene rings is 1. The largest absolute Gasteiger partial charge is 0.329 e. The molecule has 0 aliphatic heterocycles. The lowest BCUT2D eigenvalue weighted by molar-refractivity contribution is 0.519. The van der Waals surface area contributed by atoms with Gasteiger partial charge in [-0.05, 0) is 43.0 Å². The van der Waals surface area contributed by atoms with Gasteiger partial charge >= 0.3 is 0 Å².